The fraction of sp³-hybridized carbons (Fsp3) is 0.833. The lowest BCUT2D eigenvalue weighted by atomic mass is 9.79. The van der Waals surface area contributed by atoms with E-state index in [1.54, 1.807) is 21.3 Å². The van der Waals surface area contributed by atoms with Crippen LogP contribution >= 0.6 is 0 Å². The van der Waals surface area contributed by atoms with Crippen molar-refractivity contribution in [2.24, 2.45) is 11.8 Å². The van der Waals surface area contributed by atoms with Gasteiger partial charge in [0.1, 0.15) is 0 Å². The zero-order valence-corrected chi connectivity index (χ0v) is 14.1. The van der Waals surface area contributed by atoms with Gasteiger partial charge in [0.15, 0.2) is 0 Å². The zero-order chi connectivity index (χ0) is 15.9. The highest BCUT2D eigenvalue weighted by Crippen LogP contribution is 2.34. The van der Waals surface area contributed by atoms with Gasteiger partial charge in [-0.1, -0.05) is 6.08 Å². The Labute approximate surface area is 134 Å². The van der Waals surface area contributed by atoms with Crippen molar-refractivity contribution in [1.29, 1.82) is 5.26 Å². The zero-order valence-electron chi connectivity index (χ0n) is 14.1. The van der Waals surface area contributed by atoms with Crippen LogP contribution in [0.2, 0.25) is 0 Å². The number of rotatable bonds is 5. The smallest absolute Gasteiger partial charge is 0.0946 e. The van der Waals surface area contributed by atoms with Gasteiger partial charge in [-0.2, -0.15) is 5.26 Å². The van der Waals surface area contributed by atoms with Crippen LogP contribution in [0.3, 0.4) is 0 Å². The molecule has 0 heterocycles. The molecule has 0 bridgehead atoms. The fourth-order valence-electron chi connectivity index (χ4n) is 3.93. The Morgan fingerprint density at radius 2 is 1.59 bits per heavy atom. The fourth-order valence-corrected chi connectivity index (χ4v) is 3.93. The molecule has 4 heteroatoms. The number of ether oxygens (including phenoxy) is 3. The van der Waals surface area contributed by atoms with Gasteiger partial charge in [-0.3, -0.25) is 0 Å². The monoisotopic (exact) mass is 307 g/mol. The maximum atomic E-state index is 9.55. The van der Waals surface area contributed by atoms with E-state index in [0.29, 0.717) is 17.9 Å². The molecule has 0 aromatic carbocycles. The molecule has 0 spiro atoms. The number of hydrogen-bond donors (Lipinski definition) is 0. The minimum atomic E-state index is 0.143. The minimum Gasteiger partial charge on any atom is -0.381 e. The maximum Gasteiger partial charge on any atom is 0.0946 e. The van der Waals surface area contributed by atoms with Crippen molar-refractivity contribution in [2.75, 3.05) is 21.3 Å². The molecule has 2 rings (SSSR count). The van der Waals surface area contributed by atoms with Crippen LogP contribution < -0.4 is 0 Å². The molecule has 0 unspecified atom stereocenters. The van der Waals surface area contributed by atoms with Crippen molar-refractivity contribution in [3.63, 3.8) is 0 Å². The Balaban J connectivity index is 1.96. The van der Waals surface area contributed by atoms with Crippen LogP contribution in [-0.4, -0.2) is 39.6 Å². The SMILES string of the molecule is COC1CCC(/C(C#N)=C/[C@H]2CC[C@H](OC)[C@H](OC)C2)CC1. The van der Waals surface area contributed by atoms with Gasteiger partial charge in [-0.05, 0) is 56.8 Å². The predicted molar refractivity (Wildman–Crippen MR) is 85.4 cm³/mol. The Hall–Kier alpha value is -0.890. The van der Waals surface area contributed by atoms with E-state index in [2.05, 4.69) is 12.1 Å². The average molecular weight is 307 g/mol. The van der Waals surface area contributed by atoms with Gasteiger partial charge in [-0.25, -0.2) is 0 Å². The molecule has 4 nitrogen and oxygen atoms in total. The van der Waals surface area contributed by atoms with Crippen LogP contribution in [0, 0.1) is 23.2 Å². The number of nitrogens with zero attached hydrogens (tertiary/aromatic N) is 1. The average Bonchev–Trinajstić information content (AvgIpc) is 2.59. The summed E-state index contributed by atoms with van der Waals surface area (Å²) >= 11 is 0. The Bertz CT molecular complexity index is 407. The molecule has 22 heavy (non-hydrogen) atoms. The molecule has 0 aromatic rings. The third-order valence-corrected chi connectivity index (χ3v) is 5.37. The predicted octanol–water partition coefficient (Wildman–Crippen LogP) is 3.47. The van der Waals surface area contributed by atoms with Crippen LogP contribution in [0.1, 0.15) is 44.9 Å². The second-order valence-electron chi connectivity index (χ2n) is 6.56. The number of nitriles is 1. The van der Waals surface area contributed by atoms with Gasteiger partial charge in [0.05, 0.1) is 24.4 Å². The standard InChI is InChI=1S/C18H29NO3/c1-20-16-7-5-14(6-8-16)15(12-19)10-13-4-9-17(21-2)18(11-13)22-3/h10,13-14,16-18H,4-9,11H2,1-3H3/b15-10+/t13-,14?,16?,17+,18-/m1/s1. The molecule has 0 saturated heterocycles. The van der Waals surface area contributed by atoms with Crippen molar-refractivity contribution in [3.8, 4) is 6.07 Å². The van der Waals surface area contributed by atoms with E-state index in [-0.39, 0.29) is 12.2 Å². The van der Waals surface area contributed by atoms with E-state index < -0.39 is 0 Å². The summed E-state index contributed by atoms with van der Waals surface area (Å²) in [6.45, 7) is 0. The molecule has 0 radical (unpaired) electrons. The first kappa shape index (κ1) is 17.5. The van der Waals surface area contributed by atoms with Crippen LogP contribution in [0.4, 0.5) is 0 Å². The van der Waals surface area contributed by atoms with E-state index in [0.717, 1.165) is 50.5 Å². The van der Waals surface area contributed by atoms with Crippen molar-refractivity contribution in [2.45, 2.75) is 63.3 Å². The lowest BCUT2D eigenvalue weighted by Gasteiger charge is -2.34. The van der Waals surface area contributed by atoms with Crippen LogP contribution in [0.25, 0.3) is 0 Å². The largest absolute Gasteiger partial charge is 0.381 e. The summed E-state index contributed by atoms with van der Waals surface area (Å²) in [5, 5.41) is 9.55. The molecule has 0 N–H and O–H groups in total. The van der Waals surface area contributed by atoms with Crippen molar-refractivity contribution in [3.05, 3.63) is 11.6 Å². The molecule has 2 fully saturated rings. The Kier molecular flexibility index (Phi) is 6.88. The summed E-state index contributed by atoms with van der Waals surface area (Å²) in [6, 6.07) is 2.46. The van der Waals surface area contributed by atoms with E-state index in [9.17, 15) is 5.26 Å². The summed E-state index contributed by atoms with van der Waals surface area (Å²) in [5.74, 6) is 0.851. The topological polar surface area (TPSA) is 51.5 Å². The van der Waals surface area contributed by atoms with Gasteiger partial charge in [0.25, 0.3) is 0 Å². The second kappa shape index (κ2) is 8.67. The lowest BCUT2D eigenvalue weighted by molar-refractivity contribution is -0.0656. The Morgan fingerprint density at radius 3 is 2.14 bits per heavy atom. The first-order valence-corrected chi connectivity index (χ1v) is 8.42. The minimum absolute atomic E-state index is 0.143. The van der Waals surface area contributed by atoms with E-state index in [1.165, 1.54) is 0 Å². The summed E-state index contributed by atoms with van der Waals surface area (Å²) in [6.07, 6.45) is 10.2. The van der Waals surface area contributed by atoms with Crippen LogP contribution in [0.5, 0.6) is 0 Å². The molecule has 0 aliphatic heterocycles. The van der Waals surface area contributed by atoms with E-state index in [4.69, 9.17) is 14.2 Å². The molecule has 0 amide bonds. The van der Waals surface area contributed by atoms with E-state index >= 15 is 0 Å². The van der Waals surface area contributed by atoms with Gasteiger partial charge in [0.2, 0.25) is 0 Å². The van der Waals surface area contributed by atoms with Gasteiger partial charge in [0, 0.05) is 26.9 Å². The summed E-state index contributed by atoms with van der Waals surface area (Å²) in [5.41, 5.74) is 0.977. The molecule has 0 aromatic heterocycles. The van der Waals surface area contributed by atoms with E-state index in [1.807, 2.05) is 0 Å². The van der Waals surface area contributed by atoms with Crippen LogP contribution in [0.15, 0.2) is 11.6 Å². The molecule has 2 saturated carbocycles. The highest BCUT2D eigenvalue weighted by Gasteiger charge is 2.31. The third kappa shape index (κ3) is 4.32. The maximum absolute atomic E-state index is 9.55. The van der Waals surface area contributed by atoms with Crippen LogP contribution in [-0.2, 0) is 14.2 Å². The van der Waals surface area contributed by atoms with Gasteiger partial charge < -0.3 is 14.2 Å². The summed E-state index contributed by atoms with van der Waals surface area (Å²) < 4.78 is 16.5. The van der Waals surface area contributed by atoms with Gasteiger partial charge in [-0.15, -0.1) is 0 Å². The Morgan fingerprint density at radius 1 is 0.909 bits per heavy atom. The molecule has 124 valence electrons. The van der Waals surface area contributed by atoms with Crippen molar-refractivity contribution < 1.29 is 14.2 Å². The normalized spacial score (nSPS) is 36.8. The first-order valence-electron chi connectivity index (χ1n) is 8.42. The highest BCUT2D eigenvalue weighted by atomic mass is 16.5. The molecule has 2 aliphatic rings. The number of methoxy groups -OCH3 is 3. The number of allylic oxidation sites excluding steroid dienone is 2. The third-order valence-electron chi connectivity index (χ3n) is 5.37. The second-order valence-corrected chi connectivity index (χ2v) is 6.56. The molecular weight excluding hydrogens is 278 g/mol. The number of hydrogen-bond acceptors (Lipinski definition) is 4. The molecular formula is C18H29NO3. The van der Waals surface area contributed by atoms with Crippen molar-refractivity contribution in [1.82, 2.24) is 0 Å². The summed E-state index contributed by atoms with van der Waals surface area (Å²) in [4.78, 5) is 0. The quantitative estimate of drug-likeness (QED) is 0.730. The first-order chi connectivity index (χ1) is 10.7. The summed E-state index contributed by atoms with van der Waals surface area (Å²) in [7, 11) is 5.28. The lowest BCUT2D eigenvalue weighted by Crippen LogP contribution is -2.36. The van der Waals surface area contributed by atoms with Gasteiger partial charge >= 0.3 is 0 Å². The molecule has 3 atom stereocenters. The molecule has 2 aliphatic carbocycles. The highest BCUT2D eigenvalue weighted by molar-refractivity contribution is 5.25. The van der Waals surface area contributed by atoms with Crippen molar-refractivity contribution >= 4 is 0 Å².